The van der Waals surface area contributed by atoms with Crippen LogP contribution >= 0.6 is 0 Å². The molecule has 0 aromatic heterocycles. The van der Waals surface area contributed by atoms with Crippen molar-refractivity contribution < 1.29 is 0 Å². The summed E-state index contributed by atoms with van der Waals surface area (Å²) in [6, 6.07) is 0. The SMILES string of the molecule is CCN(CC)CC[N]. The van der Waals surface area contributed by atoms with Crippen molar-refractivity contribution in [3.8, 4) is 0 Å². The topological polar surface area (TPSA) is 25.5 Å². The van der Waals surface area contributed by atoms with Gasteiger partial charge in [-0.2, -0.15) is 0 Å². The molecule has 0 fully saturated rings. The van der Waals surface area contributed by atoms with Crippen molar-refractivity contribution in [2.75, 3.05) is 26.2 Å². The molecule has 0 heterocycles. The average molecular weight is 114 g/mol. The second kappa shape index (κ2) is 5.06. The van der Waals surface area contributed by atoms with Crippen LogP contribution < -0.4 is 5.73 Å². The van der Waals surface area contributed by atoms with Gasteiger partial charge in [-0.3, -0.25) is 0 Å². The highest BCUT2D eigenvalue weighted by Crippen LogP contribution is 1.82. The first-order valence-corrected chi connectivity index (χ1v) is 3.18. The monoisotopic (exact) mass is 114 g/mol. The smallest absolute Gasteiger partial charge is 0.0449 e. The number of hydrogen-bond acceptors (Lipinski definition) is 1. The molecule has 0 aromatic carbocycles. The van der Waals surface area contributed by atoms with Crippen LogP contribution in [0.15, 0.2) is 0 Å². The predicted octanol–water partition coefficient (Wildman–Crippen LogP) is 0.397. The molecular weight excluding hydrogens is 100 g/mol. The predicted molar refractivity (Wildman–Crippen MR) is 34.8 cm³/mol. The molecule has 48 valence electrons. The Labute approximate surface area is 51.7 Å². The Balaban J connectivity index is 3.07. The molecule has 0 aromatic rings. The summed E-state index contributed by atoms with van der Waals surface area (Å²) in [5, 5.41) is 0. The van der Waals surface area contributed by atoms with Gasteiger partial charge in [0.15, 0.2) is 0 Å². The first-order chi connectivity index (χ1) is 3.85. The second-order valence-electron chi connectivity index (χ2n) is 1.75. The van der Waals surface area contributed by atoms with Crippen molar-refractivity contribution in [1.29, 1.82) is 0 Å². The molecule has 2 radical (unpaired) electrons. The van der Waals surface area contributed by atoms with Crippen LogP contribution in [0.25, 0.3) is 0 Å². The van der Waals surface area contributed by atoms with Crippen molar-refractivity contribution >= 4 is 0 Å². The third-order valence-electron chi connectivity index (χ3n) is 1.31. The van der Waals surface area contributed by atoms with Gasteiger partial charge in [-0.25, -0.2) is 0 Å². The summed E-state index contributed by atoms with van der Waals surface area (Å²) in [5.41, 5.74) is 8.46. The van der Waals surface area contributed by atoms with Crippen molar-refractivity contribution in [1.82, 2.24) is 10.6 Å². The van der Waals surface area contributed by atoms with E-state index in [0.717, 1.165) is 19.6 Å². The summed E-state index contributed by atoms with van der Waals surface area (Å²) >= 11 is 0. The van der Waals surface area contributed by atoms with Gasteiger partial charge >= 0.3 is 0 Å². The van der Waals surface area contributed by atoms with Gasteiger partial charge in [0.05, 0.1) is 0 Å². The Morgan fingerprint density at radius 2 is 1.75 bits per heavy atom. The molecule has 2 nitrogen and oxygen atoms in total. The minimum absolute atomic E-state index is 0.279. The Morgan fingerprint density at radius 1 is 1.25 bits per heavy atom. The van der Waals surface area contributed by atoms with Gasteiger partial charge in [0.25, 0.3) is 0 Å². The molecular formula is C6H14N2. The molecule has 8 heavy (non-hydrogen) atoms. The maximum absolute atomic E-state index is 8.46. The van der Waals surface area contributed by atoms with E-state index in [-0.39, 0.29) is 6.54 Å². The van der Waals surface area contributed by atoms with Gasteiger partial charge in [-0.05, 0) is 13.1 Å². The fourth-order valence-electron chi connectivity index (χ4n) is 0.681. The summed E-state index contributed by atoms with van der Waals surface area (Å²) in [4.78, 5) is 2.18. The minimum atomic E-state index is 0.279. The number of likely N-dealkylation sites (N-methyl/N-ethyl adjacent to an activating group) is 1. The molecule has 0 rings (SSSR count). The van der Waals surface area contributed by atoms with E-state index in [1.807, 2.05) is 0 Å². The number of nitrogens with zero attached hydrogens (tertiary/aromatic N) is 2. The highest BCUT2D eigenvalue weighted by Gasteiger charge is 1.93. The van der Waals surface area contributed by atoms with Crippen LogP contribution in [0, 0.1) is 0 Å². The molecule has 0 saturated heterocycles. The zero-order valence-corrected chi connectivity index (χ0v) is 5.72. The number of rotatable bonds is 4. The van der Waals surface area contributed by atoms with E-state index in [4.69, 9.17) is 5.73 Å². The normalized spacial score (nSPS) is 10.5. The van der Waals surface area contributed by atoms with E-state index >= 15 is 0 Å². The minimum Gasteiger partial charge on any atom is -0.302 e. The van der Waals surface area contributed by atoms with Crippen molar-refractivity contribution in [3.05, 3.63) is 0 Å². The second-order valence-corrected chi connectivity index (χ2v) is 1.75. The van der Waals surface area contributed by atoms with Crippen LogP contribution in [-0.2, 0) is 0 Å². The van der Waals surface area contributed by atoms with Gasteiger partial charge in [0.2, 0.25) is 0 Å². The molecule has 0 aliphatic heterocycles. The van der Waals surface area contributed by atoms with Crippen LogP contribution in [0.1, 0.15) is 13.8 Å². The largest absolute Gasteiger partial charge is 0.302 e. The molecule has 0 N–H and O–H groups in total. The standard InChI is InChI=1S/C6H14N2/c1-3-8(4-2)6-5-7/h3-6H2,1-2H3. The summed E-state index contributed by atoms with van der Waals surface area (Å²) in [6.07, 6.45) is 0. The van der Waals surface area contributed by atoms with Gasteiger partial charge in [-0.1, -0.05) is 13.8 Å². The van der Waals surface area contributed by atoms with E-state index < -0.39 is 0 Å². The maximum Gasteiger partial charge on any atom is 0.0449 e. The molecule has 0 saturated carbocycles. The Bertz CT molecular complexity index is 41.8. The fourth-order valence-corrected chi connectivity index (χ4v) is 0.681. The number of hydrogen-bond donors (Lipinski definition) is 0. The lowest BCUT2D eigenvalue weighted by Crippen LogP contribution is -2.26. The van der Waals surface area contributed by atoms with Crippen LogP contribution in [0.5, 0.6) is 0 Å². The lowest BCUT2D eigenvalue weighted by atomic mass is 10.5. The zero-order valence-electron chi connectivity index (χ0n) is 5.72. The Morgan fingerprint density at radius 3 is 1.88 bits per heavy atom. The fraction of sp³-hybridized carbons (Fsp3) is 1.00. The molecule has 0 spiro atoms. The van der Waals surface area contributed by atoms with Crippen molar-refractivity contribution in [3.63, 3.8) is 0 Å². The maximum atomic E-state index is 8.46. The quantitative estimate of drug-likeness (QED) is 0.519. The van der Waals surface area contributed by atoms with E-state index in [2.05, 4.69) is 18.7 Å². The molecule has 0 amide bonds. The summed E-state index contributed by atoms with van der Waals surface area (Å²) in [6.45, 7) is 7.36. The molecule has 2 heteroatoms. The van der Waals surface area contributed by atoms with E-state index in [9.17, 15) is 0 Å². The lowest BCUT2D eigenvalue weighted by molar-refractivity contribution is 0.311. The zero-order chi connectivity index (χ0) is 6.41. The first-order valence-electron chi connectivity index (χ1n) is 3.18. The van der Waals surface area contributed by atoms with Crippen LogP contribution in [0.2, 0.25) is 0 Å². The van der Waals surface area contributed by atoms with Crippen molar-refractivity contribution in [2.24, 2.45) is 0 Å². The average Bonchev–Trinajstić information content (AvgIpc) is 1.83. The van der Waals surface area contributed by atoms with Gasteiger partial charge in [0, 0.05) is 13.1 Å². The van der Waals surface area contributed by atoms with Crippen LogP contribution in [0.3, 0.4) is 0 Å². The van der Waals surface area contributed by atoms with E-state index in [1.165, 1.54) is 0 Å². The lowest BCUT2D eigenvalue weighted by Gasteiger charge is -2.14. The van der Waals surface area contributed by atoms with E-state index in [1.54, 1.807) is 0 Å². The summed E-state index contributed by atoms with van der Waals surface area (Å²) in [5.74, 6) is 0. The molecule has 0 aliphatic rings. The van der Waals surface area contributed by atoms with Gasteiger partial charge in [0.1, 0.15) is 0 Å². The highest BCUT2D eigenvalue weighted by molar-refractivity contribution is 4.49. The molecule has 0 unspecified atom stereocenters. The van der Waals surface area contributed by atoms with Crippen LogP contribution in [0.4, 0.5) is 0 Å². The molecule has 0 aliphatic carbocycles. The van der Waals surface area contributed by atoms with E-state index in [0.29, 0.717) is 0 Å². The molecule has 0 bridgehead atoms. The highest BCUT2D eigenvalue weighted by atomic mass is 15.1. The Hall–Kier alpha value is -0.0800. The summed E-state index contributed by atoms with van der Waals surface area (Å²) in [7, 11) is 0. The van der Waals surface area contributed by atoms with Gasteiger partial charge in [-0.15, -0.1) is 5.73 Å². The first kappa shape index (κ1) is 7.92. The Kier molecular flexibility index (Phi) is 5.01. The third-order valence-corrected chi connectivity index (χ3v) is 1.31. The third kappa shape index (κ3) is 2.99. The van der Waals surface area contributed by atoms with Gasteiger partial charge < -0.3 is 4.90 Å². The van der Waals surface area contributed by atoms with Crippen molar-refractivity contribution in [2.45, 2.75) is 13.8 Å². The summed E-state index contributed by atoms with van der Waals surface area (Å²) < 4.78 is 0. The molecule has 0 atom stereocenters. The van der Waals surface area contributed by atoms with Crippen LogP contribution in [-0.4, -0.2) is 31.1 Å².